The summed E-state index contributed by atoms with van der Waals surface area (Å²) in [5, 5.41) is 11.5. The number of benzene rings is 1. The van der Waals surface area contributed by atoms with E-state index in [1.807, 2.05) is 0 Å². The summed E-state index contributed by atoms with van der Waals surface area (Å²) in [5.41, 5.74) is -0.160. The molecular weight excluding hydrogens is 275 g/mol. The molecule has 1 aliphatic heterocycles. The first-order valence-electron chi connectivity index (χ1n) is 6.59. The molecule has 0 atom stereocenters. The number of nitrogens with one attached hydrogen (secondary N) is 1. The fraction of sp³-hybridized carbons (Fsp3) is 0.333. The molecule has 1 fully saturated rings. The van der Waals surface area contributed by atoms with Crippen molar-refractivity contribution in [2.75, 3.05) is 18.0 Å². The molecule has 0 radical (unpaired) electrons. The van der Waals surface area contributed by atoms with Gasteiger partial charge < -0.3 is 15.3 Å². The number of carboxylic acid groups (broad SMARTS) is 1. The Hall–Kier alpha value is -2.37. The van der Waals surface area contributed by atoms with E-state index >= 15 is 0 Å². The highest BCUT2D eigenvalue weighted by Gasteiger charge is 2.38. The van der Waals surface area contributed by atoms with E-state index in [2.05, 4.69) is 5.32 Å². The monoisotopic (exact) mass is 292 g/mol. The third kappa shape index (κ3) is 2.89. The molecular formula is C15H17FN2O3. The normalized spacial score (nSPS) is 17.9. The SMILES string of the molecule is CC1(C)C(=O)NCCN1c1cccc(F)c1/C=C/C(=O)O. The van der Waals surface area contributed by atoms with Gasteiger partial charge in [0.05, 0.1) is 0 Å². The molecule has 2 rings (SSSR count). The van der Waals surface area contributed by atoms with Crippen LogP contribution in [-0.2, 0) is 9.59 Å². The van der Waals surface area contributed by atoms with Gasteiger partial charge in [0.1, 0.15) is 11.4 Å². The van der Waals surface area contributed by atoms with Crippen LogP contribution in [0.25, 0.3) is 6.08 Å². The molecule has 0 spiro atoms. The quantitative estimate of drug-likeness (QED) is 0.831. The Morgan fingerprint density at radius 1 is 1.48 bits per heavy atom. The molecule has 0 unspecified atom stereocenters. The minimum Gasteiger partial charge on any atom is -0.478 e. The molecule has 0 saturated carbocycles. The smallest absolute Gasteiger partial charge is 0.328 e. The van der Waals surface area contributed by atoms with E-state index in [-0.39, 0.29) is 11.5 Å². The van der Waals surface area contributed by atoms with Crippen molar-refractivity contribution in [3.8, 4) is 0 Å². The van der Waals surface area contributed by atoms with Crippen LogP contribution in [0.4, 0.5) is 10.1 Å². The summed E-state index contributed by atoms with van der Waals surface area (Å²) in [6.45, 7) is 4.48. The molecule has 2 N–H and O–H groups in total. The lowest BCUT2D eigenvalue weighted by molar-refractivity contribution is -0.131. The van der Waals surface area contributed by atoms with Gasteiger partial charge in [0.2, 0.25) is 5.91 Å². The number of anilines is 1. The van der Waals surface area contributed by atoms with Crippen molar-refractivity contribution in [1.29, 1.82) is 0 Å². The first kappa shape index (κ1) is 15.0. The van der Waals surface area contributed by atoms with E-state index < -0.39 is 17.3 Å². The van der Waals surface area contributed by atoms with Crippen LogP contribution in [-0.4, -0.2) is 35.6 Å². The van der Waals surface area contributed by atoms with E-state index in [1.165, 1.54) is 12.1 Å². The first-order chi connectivity index (χ1) is 9.84. The van der Waals surface area contributed by atoms with Crippen LogP contribution < -0.4 is 10.2 Å². The molecule has 0 aromatic heterocycles. The van der Waals surface area contributed by atoms with Gasteiger partial charge in [0.25, 0.3) is 0 Å². The summed E-state index contributed by atoms with van der Waals surface area (Å²) in [6.07, 6.45) is 2.11. The highest BCUT2D eigenvalue weighted by molar-refractivity contribution is 5.92. The molecule has 1 aromatic carbocycles. The molecule has 0 bridgehead atoms. The van der Waals surface area contributed by atoms with Crippen LogP contribution in [0.2, 0.25) is 0 Å². The van der Waals surface area contributed by atoms with Crippen molar-refractivity contribution in [1.82, 2.24) is 5.32 Å². The molecule has 112 valence electrons. The Balaban J connectivity index is 2.50. The van der Waals surface area contributed by atoms with Crippen molar-refractivity contribution in [3.63, 3.8) is 0 Å². The van der Waals surface area contributed by atoms with Crippen LogP contribution in [0.1, 0.15) is 19.4 Å². The summed E-state index contributed by atoms with van der Waals surface area (Å²) in [4.78, 5) is 24.5. The first-order valence-corrected chi connectivity index (χ1v) is 6.59. The van der Waals surface area contributed by atoms with Gasteiger partial charge in [-0.1, -0.05) is 6.07 Å². The zero-order chi connectivity index (χ0) is 15.6. The Kier molecular flexibility index (Phi) is 3.97. The molecule has 5 nitrogen and oxygen atoms in total. The van der Waals surface area contributed by atoms with Crippen molar-refractivity contribution >= 4 is 23.6 Å². The van der Waals surface area contributed by atoms with Gasteiger partial charge >= 0.3 is 5.97 Å². The third-order valence-electron chi connectivity index (χ3n) is 3.56. The number of rotatable bonds is 3. The number of hydrogen-bond donors (Lipinski definition) is 2. The van der Waals surface area contributed by atoms with E-state index in [0.29, 0.717) is 18.8 Å². The van der Waals surface area contributed by atoms with Crippen LogP contribution >= 0.6 is 0 Å². The average molecular weight is 292 g/mol. The minimum atomic E-state index is -1.15. The summed E-state index contributed by atoms with van der Waals surface area (Å²) >= 11 is 0. The van der Waals surface area contributed by atoms with E-state index in [9.17, 15) is 14.0 Å². The molecule has 1 heterocycles. The van der Waals surface area contributed by atoms with Crippen molar-refractivity contribution in [2.24, 2.45) is 0 Å². The number of piperazine rings is 1. The highest BCUT2D eigenvalue weighted by atomic mass is 19.1. The van der Waals surface area contributed by atoms with Gasteiger partial charge in [0.15, 0.2) is 0 Å². The van der Waals surface area contributed by atoms with Crippen LogP contribution in [0, 0.1) is 5.82 Å². The van der Waals surface area contributed by atoms with Crippen molar-refractivity contribution in [3.05, 3.63) is 35.7 Å². The van der Waals surface area contributed by atoms with Gasteiger partial charge in [-0.25, -0.2) is 9.18 Å². The molecule has 1 amide bonds. The van der Waals surface area contributed by atoms with Crippen LogP contribution in [0.15, 0.2) is 24.3 Å². The summed E-state index contributed by atoms with van der Waals surface area (Å²) < 4.78 is 14.0. The Labute approximate surface area is 122 Å². The molecule has 6 heteroatoms. The Bertz CT molecular complexity index is 611. The van der Waals surface area contributed by atoms with Gasteiger partial charge in [-0.2, -0.15) is 0 Å². The summed E-state index contributed by atoms with van der Waals surface area (Å²) in [6, 6.07) is 4.50. The molecule has 1 aliphatic rings. The Morgan fingerprint density at radius 3 is 2.86 bits per heavy atom. The second-order valence-electron chi connectivity index (χ2n) is 5.31. The second kappa shape index (κ2) is 5.55. The van der Waals surface area contributed by atoms with Gasteiger partial charge in [-0.05, 0) is 32.1 Å². The zero-order valence-corrected chi connectivity index (χ0v) is 11.9. The highest BCUT2D eigenvalue weighted by Crippen LogP contribution is 2.31. The summed E-state index contributed by atoms with van der Waals surface area (Å²) in [7, 11) is 0. The lowest BCUT2D eigenvalue weighted by atomic mass is 9.96. The van der Waals surface area contributed by atoms with Crippen molar-refractivity contribution < 1.29 is 19.1 Å². The summed E-state index contributed by atoms with van der Waals surface area (Å²) in [5.74, 6) is -1.82. The maximum atomic E-state index is 14.0. The number of aliphatic carboxylic acids is 1. The number of carbonyl (C=O) groups is 2. The largest absolute Gasteiger partial charge is 0.478 e. The van der Waals surface area contributed by atoms with E-state index in [1.54, 1.807) is 30.9 Å². The van der Waals surface area contributed by atoms with Gasteiger partial charge in [0, 0.05) is 30.4 Å². The molecule has 1 saturated heterocycles. The van der Waals surface area contributed by atoms with E-state index in [4.69, 9.17) is 5.11 Å². The minimum absolute atomic E-state index is 0.147. The number of halogens is 1. The van der Waals surface area contributed by atoms with Crippen molar-refractivity contribution in [2.45, 2.75) is 19.4 Å². The number of hydrogen-bond acceptors (Lipinski definition) is 3. The maximum absolute atomic E-state index is 14.0. The zero-order valence-electron chi connectivity index (χ0n) is 11.9. The topological polar surface area (TPSA) is 69.6 Å². The lowest BCUT2D eigenvalue weighted by Crippen LogP contribution is -2.62. The average Bonchev–Trinajstić information content (AvgIpc) is 2.40. The fourth-order valence-electron chi connectivity index (χ4n) is 2.40. The van der Waals surface area contributed by atoms with E-state index in [0.717, 1.165) is 6.08 Å². The number of nitrogens with zero attached hydrogens (tertiary/aromatic N) is 1. The molecule has 0 aliphatic carbocycles. The van der Waals surface area contributed by atoms with Crippen LogP contribution in [0.5, 0.6) is 0 Å². The standard InChI is InChI=1S/C15H17FN2O3/c1-15(2)14(21)17-8-9-18(15)12-5-3-4-11(16)10(12)6-7-13(19)20/h3-7H,8-9H2,1-2H3,(H,17,21)(H,19,20)/b7-6+. The third-order valence-corrected chi connectivity index (χ3v) is 3.56. The number of carbonyl (C=O) groups excluding carboxylic acids is 1. The number of carboxylic acids is 1. The Morgan fingerprint density at radius 2 is 2.19 bits per heavy atom. The molecule has 1 aromatic rings. The maximum Gasteiger partial charge on any atom is 0.328 e. The number of amides is 1. The second-order valence-corrected chi connectivity index (χ2v) is 5.31. The van der Waals surface area contributed by atoms with Gasteiger partial charge in [-0.15, -0.1) is 0 Å². The fourth-order valence-corrected chi connectivity index (χ4v) is 2.40. The predicted molar refractivity (Wildman–Crippen MR) is 77.5 cm³/mol. The van der Waals surface area contributed by atoms with Gasteiger partial charge in [-0.3, -0.25) is 4.79 Å². The predicted octanol–water partition coefficient (Wildman–Crippen LogP) is 1.64. The lowest BCUT2D eigenvalue weighted by Gasteiger charge is -2.43. The van der Waals surface area contributed by atoms with Crippen LogP contribution in [0.3, 0.4) is 0 Å². The molecule has 21 heavy (non-hydrogen) atoms.